The van der Waals surface area contributed by atoms with Gasteiger partial charge in [-0.2, -0.15) is 0 Å². The number of hydrogen-bond donors (Lipinski definition) is 1. The van der Waals surface area contributed by atoms with E-state index < -0.39 is 5.91 Å². The van der Waals surface area contributed by atoms with Crippen LogP contribution >= 0.6 is 11.8 Å². The van der Waals surface area contributed by atoms with E-state index >= 15 is 0 Å². The maximum Gasteiger partial charge on any atom is 0.249 e. The number of nitrogens with zero attached hydrogens (tertiary/aromatic N) is 2. The zero-order valence-corrected chi connectivity index (χ0v) is 13.2. The first-order valence-electron chi connectivity index (χ1n) is 7.13. The zero-order chi connectivity index (χ0) is 16.1. The molecule has 0 spiro atoms. The summed E-state index contributed by atoms with van der Waals surface area (Å²) >= 11 is 1.48. The molecule has 0 aliphatic carbocycles. The smallest absolute Gasteiger partial charge is 0.249 e. The summed E-state index contributed by atoms with van der Waals surface area (Å²) < 4.78 is 0. The predicted molar refractivity (Wildman–Crippen MR) is 92.0 cm³/mol. The van der Waals surface area contributed by atoms with Crippen LogP contribution in [0.25, 0.3) is 11.3 Å². The molecule has 1 aromatic heterocycles. The first-order chi connectivity index (χ1) is 11.2. The second-order valence-electron chi connectivity index (χ2n) is 4.90. The highest BCUT2D eigenvalue weighted by atomic mass is 32.2. The number of hydrogen-bond acceptors (Lipinski definition) is 4. The molecule has 0 saturated carbocycles. The quantitative estimate of drug-likeness (QED) is 0.576. The largest absolute Gasteiger partial charge is 0.366 e. The van der Waals surface area contributed by atoms with Crippen LogP contribution in [0.15, 0.2) is 72.0 Å². The molecule has 5 heteroatoms. The van der Waals surface area contributed by atoms with Gasteiger partial charge in [-0.05, 0) is 17.7 Å². The number of benzene rings is 2. The van der Waals surface area contributed by atoms with Crippen molar-refractivity contribution in [3.05, 3.63) is 78.0 Å². The highest BCUT2D eigenvalue weighted by Crippen LogP contribution is 2.24. The number of primary amides is 1. The summed E-state index contributed by atoms with van der Waals surface area (Å²) in [4.78, 5) is 20.3. The van der Waals surface area contributed by atoms with Crippen LogP contribution in [0.4, 0.5) is 0 Å². The lowest BCUT2D eigenvalue weighted by atomic mass is 10.1. The van der Waals surface area contributed by atoms with Crippen molar-refractivity contribution in [3.63, 3.8) is 0 Å². The van der Waals surface area contributed by atoms with E-state index in [0.29, 0.717) is 16.5 Å². The maximum atomic E-state index is 11.5. The third kappa shape index (κ3) is 3.76. The third-order valence-electron chi connectivity index (χ3n) is 3.34. The normalized spacial score (nSPS) is 10.4. The summed E-state index contributed by atoms with van der Waals surface area (Å²) in [5, 5.41) is 0.672. The molecule has 114 valence electrons. The molecule has 0 bridgehead atoms. The van der Waals surface area contributed by atoms with Crippen molar-refractivity contribution in [1.29, 1.82) is 0 Å². The molecule has 0 saturated heterocycles. The van der Waals surface area contributed by atoms with Crippen molar-refractivity contribution in [3.8, 4) is 11.3 Å². The van der Waals surface area contributed by atoms with Crippen LogP contribution in [0, 0.1) is 0 Å². The van der Waals surface area contributed by atoms with Gasteiger partial charge in [0.15, 0.2) is 5.16 Å². The van der Waals surface area contributed by atoms with Crippen molar-refractivity contribution in [2.24, 2.45) is 5.73 Å². The monoisotopic (exact) mass is 321 g/mol. The van der Waals surface area contributed by atoms with Crippen LogP contribution in [0.2, 0.25) is 0 Å². The number of nitrogens with two attached hydrogens (primary N) is 1. The Labute approximate surface area is 138 Å². The Hall–Kier alpha value is -2.66. The second-order valence-corrected chi connectivity index (χ2v) is 5.84. The van der Waals surface area contributed by atoms with Crippen LogP contribution < -0.4 is 5.73 Å². The summed E-state index contributed by atoms with van der Waals surface area (Å²) in [6.45, 7) is 0. The average Bonchev–Trinajstić information content (AvgIpc) is 2.61. The SMILES string of the molecule is NC(=O)c1ccccc1CSc1nccc(-c2ccccc2)n1. The van der Waals surface area contributed by atoms with Gasteiger partial charge in [0.1, 0.15) is 0 Å². The lowest BCUT2D eigenvalue weighted by Gasteiger charge is -2.06. The molecule has 3 rings (SSSR count). The first-order valence-corrected chi connectivity index (χ1v) is 8.11. The predicted octanol–water partition coefficient (Wildman–Crippen LogP) is 3.53. The van der Waals surface area contributed by atoms with E-state index in [1.54, 1.807) is 18.3 Å². The van der Waals surface area contributed by atoms with Crippen molar-refractivity contribution >= 4 is 17.7 Å². The molecular weight excluding hydrogens is 306 g/mol. The van der Waals surface area contributed by atoms with Crippen LogP contribution in [-0.4, -0.2) is 15.9 Å². The molecule has 4 nitrogen and oxygen atoms in total. The van der Waals surface area contributed by atoms with Gasteiger partial charge in [-0.25, -0.2) is 9.97 Å². The van der Waals surface area contributed by atoms with Gasteiger partial charge in [0.05, 0.1) is 5.69 Å². The van der Waals surface area contributed by atoms with Crippen LogP contribution in [0.3, 0.4) is 0 Å². The molecule has 0 fully saturated rings. The average molecular weight is 321 g/mol. The molecule has 0 aliphatic heterocycles. The molecule has 23 heavy (non-hydrogen) atoms. The van der Waals surface area contributed by atoms with Crippen molar-refractivity contribution in [1.82, 2.24) is 9.97 Å². The minimum Gasteiger partial charge on any atom is -0.366 e. The second kappa shape index (κ2) is 7.07. The van der Waals surface area contributed by atoms with E-state index in [9.17, 15) is 4.79 Å². The Morgan fingerprint density at radius 1 is 1.00 bits per heavy atom. The number of thioether (sulfide) groups is 1. The van der Waals surface area contributed by atoms with E-state index in [-0.39, 0.29) is 0 Å². The number of carbonyl (C=O) groups is 1. The highest BCUT2D eigenvalue weighted by molar-refractivity contribution is 7.98. The van der Waals surface area contributed by atoms with Gasteiger partial charge in [-0.1, -0.05) is 60.3 Å². The maximum absolute atomic E-state index is 11.5. The van der Waals surface area contributed by atoms with Gasteiger partial charge in [0.25, 0.3) is 0 Å². The molecule has 0 aliphatic rings. The van der Waals surface area contributed by atoms with Crippen molar-refractivity contribution < 1.29 is 4.79 Å². The molecule has 3 aromatic rings. The molecule has 1 amide bonds. The molecule has 2 aromatic carbocycles. The first kappa shape index (κ1) is 15.2. The standard InChI is InChI=1S/C18H15N3OS/c19-17(22)15-9-5-4-8-14(15)12-23-18-20-11-10-16(21-18)13-6-2-1-3-7-13/h1-11H,12H2,(H2,19,22). The number of aromatic nitrogens is 2. The van der Waals surface area contributed by atoms with Gasteiger partial charge in [0, 0.05) is 23.1 Å². The molecule has 1 heterocycles. The fourth-order valence-corrected chi connectivity index (χ4v) is 3.04. The molecule has 0 unspecified atom stereocenters. The van der Waals surface area contributed by atoms with Crippen LogP contribution in [0.5, 0.6) is 0 Å². The fourth-order valence-electron chi connectivity index (χ4n) is 2.21. The number of amides is 1. The zero-order valence-electron chi connectivity index (χ0n) is 12.3. The van der Waals surface area contributed by atoms with E-state index in [1.165, 1.54) is 11.8 Å². The molecule has 0 atom stereocenters. The van der Waals surface area contributed by atoms with E-state index in [0.717, 1.165) is 16.8 Å². The lowest BCUT2D eigenvalue weighted by molar-refractivity contribution is 0.0999. The highest BCUT2D eigenvalue weighted by Gasteiger charge is 2.09. The van der Waals surface area contributed by atoms with Crippen molar-refractivity contribution in [2.75, 3.05) is 0 Å². The summed E-state index contributed by atoms with van der Waals surface area (Å²) in [7, 11) is 0. The van der Waals surface area contributed by atoms with Gasteiger partial charge >= 0.3 is 0 Å². The van der Waals surface area contributed by atoms with Gasteiger partial charge in [-0.15, -0.1) is 0 Å². The van der Waals surface area contributed by atoms with Crippen LogP contribution in [0.1, 0.15) is 15.9 Å². The lowest BCUT2D eigenvalue weighted by Crippen LogP contribution is -2.13. The van der Waals surface area contributed by atoms with Gasteiger partial charge in [-0.3, -0.25) is 4.79 Å². The van der Waals surface area contributed by atoms with E-state index in [4.69, 9.17) is 5.73 Å². The third-order valence-corrected chi connectivity index (χ3v) is 4.25. The fraction of sp³-hybridized carbons (Fsp3) is 0.0556. The summed E-state index contributed by atoms with van der Waals surface area (Å²) in [6, 6.07) is 19.2. The molecular formula is C18H15N3OS. The van der Waals surface area contributed by atoms with Crippen molar-refractivity contribution in [2.45, 2.75) is 10.9 Å². The minimum absolute atomic E-state index is 0.417. The molecule has 2 N–H and O–H groups in total. The topological polar surface area (TPSA) is 68.9 Å². The molecule has 0 radical (unpaired) electrons. The Balaban J connectivity index is 1.78. The Bertz CT molecular complexity index is 821. The number of rotatable bonds is 5. The summed E-state index contributed by atoms with van der Waals surface area (Å²) in [5.74, 6) is 0.178. The summed E-state index contributed by atoms with van der Waals surface area (Å²) in [5.41, 5.74) is 8.76. The summed E-state index contributed by atoms with van der Waals surface area (Å²) in [6.07, 6.45) is 1.75. The Morgan fingerprint density at radius 2 is 1.74 bits per heavy atom. The Kier molecular flexibility index (Phi) is 4.68. The number of carbonyl (C=O) groups excluding carboxylic acids is 1. The van der Waals surface area contributed by atoms with Gasteiger partial charge < -0.3 is 5.73 Å². The van der Waals surface area contributed by atoms with E-state index in [1.807, 2.05) is 48.5 Å². The van der Waals surface area contributed by atoms with Crippen LogP contribution in [-0.2, 0) is 5.75 Å². The van der Waals surface area contributed by atoms with E-state index in [2.05, 4.69) is 9.97 Å². The van der Waals surface area contributed by atoms with Gasteiger partial charge in [0.2, 0.25) is 5.91 Å². The minimum atomic E-state index is -0.417. The Morgan fingerprint density at radius 3 is 2.52 bits per heavy atom.